The van der Waals surface area contributed by atoms with Crippen LogP contribution in [0, 0.1) is 11.5 Å². The fourth-order valence-corrected chi connectivity index (χ4v) is 2.07. The van der Waals surface area contributed by atoms with Crippen molar-refractivity contribution >= 4 is 40.7 Å². The minimum Gasteiger partial charge on any atom is -0.370 e. The van der Waals surface area contributed by atoms with Crippen molar-refractivity contribution in [1.82, 2.24) is 15.5 Å². The van der Waals surface area contributed by atoms with Gasteiger partial charge in [0.15, 0.2) is 23.1 Å². The summed E-state index contributed by atoms with van der Waals surface area (Å²) in [6.45, 7) is 0.591. The van der Waals surface area contributed by atoms with E-state index in [4.69, 9.17) is 21.3 Å². The average molecular weight is 314 g/mol. The number of guanidine groups is 1. The number of aliphatic imine (C=N–C) groups is 2. The van der Waals surface area contributed by atoms with Gasteiger partial charge in [0.05, 0.1) is 12.3 Å². The Morgan fingerprint density at radius 1 is 1.55 bits per heavy atom. The molecular weight excluding hydrogens is 300 g/mol. The van der Waals surface area contributed by atoms with E-state index in [1.807, 2.05) is 12.4 Å². The molecule has 0 atom stereocenters. The summed E-state index contributed by atoms with van der Waals surface area (Å²) in [5, 5.41) is 15.3. The summed E-state index contributed by atoms with van der Waals surface area (Å²) in [6.07, 6.45) is 3.68. The van der Waals surface area contributed by atoms with Gasteiger partial charge < -0.3 is 16.0 Å². The number of rotatable bonds is 6. The topological polar surface area (TPSA) is 152 Å². The van der Waals surface area contributed by atoms with Gasteiger partial charge in [0.25, 0.3) is 0 Å². The van der Waals surface area contributed by atoms with Crippen LogP contribution < -0.4 is 16.8 Å². The van der Waals surface area contributed by atoms with Crippen molar-refractivity contribution in [2.24, 2.45) is 21.5 Å². The number of hydrogen-bond acceptors (Lipinski definition) is 8. The molecule has 5 N–H and O–H groups in total. The Hall–Kier alpha value is -1.93. The van der Waals surface area contributed by atoms with Gasteiger partial charge in [0.1, 0.15) is 0 Å². The molecule has 20 heavy (non-hydrogen) atoms. The van der Waals surface area contributed by atoms with E-state index < -0.39 is 0 Å². The van der Waals surface area contributed by atoms with Crippen LogP contribution in [0.3, 0.4) is 0 Å². The van der Waals surface area contributed by atoms with Gasteiger partial charge in [-0.25, -0.2) is 0 Å². The molecule has 1 aromatic rings. The maximum atomic E-state index is 8.47. The lowest BCUT2D eigenvalue weighted by atomic mass is 10.7. The number of amidine groups is 1. The molecule has 0 aliphatic rings. The number of nitrogens with zero attached hydrogens (tertiary/aromatic N) is 5. The largest absolute Gasteiger partial charge is 0.370 e. The zero-order chi connectivity index (χ0) is 14.8. The third kappa shape index (κ3) is 6.30. The van der Waals surface area contributed by atoms with Crippen molar-refractivity contribution in [1.29, 1.82) is 5.26 Å². The Labute approximate surface area is 124 Å². The van der Waals surface area contributed by atoms with E-state index >= 15 is 0 Å². The van der Waals surface area contributed by atoms with Gasteiger partial charge in [-0.1, -0.05) is 16.9 Å². The molecule has 108 valence electrons. The molecular formula is C9H14N8OS2. The van der Waals surface area contributed by atoms with Crippen LogP contribution in [0.2, 0.25) is 0 Å². The summed E-state index contributed by atoms with van der Waals surface area (Å²) in [5.74, 6) is 1.72. The maximum Gasteiger partial charge on any atom is 0.350 e. The van der Waals surface area contributed by atoms with E-state index in [1.165, 1.54) is 11.8 Å². The number of nitriles is 1. The highest BCUT2D eigenvalue weighted by atomic mass is 32.2. The van der Waals surface area contributed by atoms with Gasteiger partial charge in [-0.15, -0.1) is 0 Å². The first-order valence-corrected chi connectivity index (χ1v) is 7.77. The predicted molar refractivity (Wildman–Crippen MR) is 80.5 cm³/mol. The highest BCUT2D eigenvalue weighted by molar-refractivity contribution is 8.13. The molecule has 0 amide bonds. The van der Waals surface area contributed by atoms with E-state index in [0.717, 1.165) is 5.75 Å². The first-order valence-electron chi connectivity index (χ1n) is 5.39. The lowest BCUT2D eigenvalue weighted by Crippen LogP contribution is -2.21. The predicted octanol–water partition coefficient (Wildman–Crippen LogP) is -0.00262. The molecule has 0 radical (unpaired) electrons. The quantitative estimate of drug-likeness (QED) is 0.216. The van der Waals surface area contributed by atoms with Crippen molar-refractivity contribution in [3.05, 3.63) is 5.82 Å². The van der Waals surface area contributed by atoms with Crippen LogP contribution in [0.25, 0.3) is 0 Å². The van der Waals surface area contributed by atoms with Crippen LogP contribution in [-0.2, 0) is 5.75 Å². The van der Waals surface area contributed by atoms with Crippen molar-refractivity contribution in [3.63, 3.8) is 0 Å². The maximum absolute atomic E-state index is 8.47. The number of nitrogens with two attached hydrogens (primary N) is 2. The van der Waals surface area contributed by atoms with E-state index in [2.05, 4.69) is 25.4 Å². The van der Waals surface area contributed by atoms with E-state index in [-0.39, 0.29) is 12.0 Å². The molecule has 1 rings (SSSR count). The fraction of sp³-hybridized carbons (Fsp3) is 0.444. The molecule has 1 aromatic heterocycles. The summed E-state index contributed by atoms with van der Waals surface area (Å²) in [6, 6.07) is 0.0431. The van der Waals surface area contributed by atoms with Gasteiger partial charge in [-0.05, 0) is 6.26 Å². The van der Waals surface area contributed by atoms with Gasteiger partial charge in [-0.2, -0.15) is 27.0 Å². The second-order valence-electron chi connectivity index (χ2n) is 3.21. The van der Waals surface area contributed by atoms with Crippen LogP contribution in [0.15, 0.2) is 14.5 Å². The molecule has 0 aliphatic heterocycles. The van der Waals surface area contributed by atoms with Crippen molar-refractivity contribution in [2.75, 3.05) is 18.6 Å². The number of thioether (sulfide) groups is 2. The molecule has 11 heteroatoms. The molecule has 0 bridgehead atoms. The Morgan fingerprint density at radius 3 is 3.00 bits per heavy atom. The van der Waals surface area contributed by atoms with Crippen LogP contribution in [0.4, 0.5) is 6.01 Å². The Bertz CT molecular complexity index is 516. The molecule has 0 aromatic carbocycles. The van der Waals surface area contributed by atoms with Crippen LogP contribution in [0.5, 0.6) is 0 Å². The fourth-order valence-electron chi connectivity index (χ4n) is 1.04. The normalized spacial score (nSPS) is 10.9. The minimum atomic E-state index is -0.128. The Kier molecular flexibility index (Phi) is 7.30. The zero-order valence-corrected chi connectivity index (χ0v) is 12.4. The third-order valence-electron chi connectivity index (χ3n) is 1.76. The third-order valence-corrected chi connectivity index (χ3v) is 3.31. The smallest absolute Gasteiger partial charge is 0.350 e. The van der Waals surface area contributed by atoms with Gasteiger partial charge in [0.2, 0.25) is 0 Å². The van der Waals surface area contributed by atoms with Crippen LogP contribution in [0.1, 0.15) is 5.82 Å². The number of nitrogens with one attached hydrogen (secondary N) is 1. The lowest BCUT2D eigenvalue weighted by molar-refractivity contribution is 0.423. The summed E-state index contributed by atoms with van der Waals surface area (Å²) in [4.78, 5) is 11.8. The van der Waals surface area contributed by atoms with Crippen LogP contribution >= 0.6 is 23.5 Å². The van der Waals surface area contributed by atoms with Crippen LogP contribution in [-0.4, -0.2) is 39.8 Å². The van der Waals surface area contributed by atoms with E-state index in [0.29, 0.717) is 23.3 Å². The van der Waals surface area contributed by atoms with Gasteiger partial charge >= 0.3 is 6.01 Å². The SMILES string of the molecule is CSC(=NCCSCc1noc(N=C(N)N)n1)NC#N. The second-order valence-corrected chi connectivity index (χ2v) is 5.11. The van der Waals surface area contributed by atoms with Crippen molar-refractivity contribution in [3.8, 4) is 6.19 Å². The number of aromatic nitrogens is 2. The average Bonchev–Trinajstić information content (AvgIpc) is 2.83. The summed E-state index contributed by atoms with van der Waals surface area (Å²) in [5.41, 5.74) is 10.4. The molecule has 9 nitrogen and oxygen atoms in total. The Morgan fingerprint density at radius 2 is 2.35 bits per heavy atom. The monoisotopic (exact) mass is 314 g/mol. The Balaban J connectivity index is 2.29. The molecule has 1 heterocycles. The molecule has 0 aliphatic carbocycles. The van der Waals surface area contributed by atoms with Crippen molar-refractivity contribution < 1.29 is 4.52 Å². The van der Waals surface area contributed by atoms with E-state index in [1.54, 1.807) is 11.8 Å². The summed E-state index contributed by atoms with van der Waals surface area (Å²) < 4.78 is 4.82. The minimum absolute atomic E-state index is 0.0431. The lowest BCUT2D eigenvalue weighted by Gasteiger charge is -1.99. The molecule has 0 fully saturated rings. The van der Waals surface area contributed by atoms with Gasteiger partial charge in [0, 0.05) is 5.75 Å². The van der Waals surface area contributed by atoms with E-state index in [9.17, 15) is 0 Å². The standard InChI is InChI=1S/C9H14N8OS2/c1-19-9(14-5-10)13-2-3-20-4-6-15-8(18-17-6)16-7(11)12/h2-4H2,1H3,(H,13,14)(H4,11,12,15,16,17). The summed E-state index contributed by atoms with van der Waals surface area (Å²) >= 11 is 2.97. The summed E-state index contributed by atoms with van der Waals surface area (Å²) in [7, 11) is 0. The molecule has 0 saturated carbocycles. The molecule has 0 saturated heterocycles. The molecule has 0 unspecified atom stereocenters. The second kappa shape index (κ2) is 9.05. The van der Waals surface area contributed by atoms with Gasteiger partial charge in [-0.3, -0.25) is 10.3 Å². The highest BCUT2D eigenvalue weighted by Crippen LogP contribution is 2.13. The highest BCUT2D eigenvalue weighted by Gasteiger charge is 2.05. The first kappa shape index (κ1) is 16.1. The molecule has 0 spiro atoms. The number of hydrogen-bond donors (Lipinski definition) is 3. The van der Waals surface area contributed by atoms with Crippen molar-refractivity contribution in [2.45, 2.75) is 5.75 Å². The first-order chi connectivity index (χ1) is 9.65. The zero-order valence-electron chi connectivity index (χ0n) is 10.7.